The molecule has 1 atom stereocenters. The van der Waals surface area contributed by atoms with Gasteiger partial charge in [0.25, 0.3) is 12.3 Å². The number of morpholine rings is 1. The van der Waals surface area contributed by atoms with Crippen molar-refractivity contribution in [2.24, 2.45) is 0 Å². The van der Waals surface area contributed by atoms with Gasteiger partial charge in [-0.05, 0) is 60.7 Å². The molecule has 1 aromatic carbocycles. The van der Waals surface area contributed by atoms with Crippen LogP contribution in [0.1, 0.15) is 51.0 Å². The Morgan fingerprint density at radius 3 is 2.60 bits per heavy atom. The molecule has 1 aliphatic heterocycles. The topological polar surface area (TPSA) is 163 Å². The van der Waals surface area contributed by atoms with Crippen molar-refractivity contribution in [1.29, 1.82) is 5.26 Å². The largest absolute Gasteiger partial charge is 0.487 e. The monoisotopic (exact) mass is 693 g/mol. The summed E-state index contributed by atoms with van der Waals surface area (Å²) in [5.41, 5.74) is 2.17. The van der Waals surface area contributed by atoms with Gasteiger partial charge in [-0.2, -0.15) is 5.26 Å². The van der Waals surface area contributed by atoms with Crippen LogP contribution in [0.2, 0.25) is 0 Å². The van der Waals surface area contributed by atoms with E-state index in [-0.39, 0.29) is 25.0 Å². The summed E-state index contributed by atoms with van der Waals surface area (Å²) in [6.45, 7) is 5.02. The lowest BCUT2D eigenvalue weighted by Gasteiger charge is -2.47. The van der Waals surface area contributed by atoms with Gasteiger partial charge >= 0.3 is 0 Å². The number of nitriles is 1. The van der Waals surface area contributed by atoms with E-state index in [1.54, 1.807) is 29.2 Å². The summed E-state index contributed by atoms with van der Waals surface area (Å²) >= 11 is 0. The first-order valence-corrected chi connectivity index (χ1v) is 16.9. The molecule has 2 aliphatic rings. The van der Waals surface area contributed by atoms with E-state index in [1.165, 1.54) is 12.7 Å². The number of ether oxygens (including phenoxy) is 4. The fraction of sp³-hybridized carbons (Fsp3) is 0.545. The number of anilines is 2. The van der Waals surface area contributed by atoms with Gasteiger partial charge in [0.15, 0.2) is 0 Å². The Hall–Kier alpha value is -4.79. The smallest absolute Gasteiger partial charge is 0.261 e. The highest BCUT2D eigenvalue weighted by molar-refractivity contribution is 5.67. The van der Waals surface area contributed by atoms with Crippen molar-refractivity contribution in [2.75, 3.05) is 51.4 Å². The second-order valence-electron chi connectivity index (χ2n) is 12.3. The molecular formula is C33H41F2N11O4. The molecule has 3 aromatic heterocycles. The van der Waals surface area contributed by atoms with Gasteiger partial charge in [-0.15, -0.1) is 10.2 Å². The highest BCUT2D eigenvalue weighted by Gasteiger charge is 2.42. The van der Waals surface area contributed by atoms with Crippen LogP contribution in [0.5, 0.6) is 11.6 Å². The van der Waals surface area contributed by atoms with Crippen LogP contribution in [0, 0.1) is 11.3 Å². The predicted molar refractivity (Wildman–Crippen MR) is 176 cm³/mol. The predicted octanol–water partition coefficient (Wildman–Crippen LogP) is 4.41. The zero-order valence-electron chi connectivity index (χ0n) is 28.0. The van der Waals surface area contributed by atoms with Gasteiger partial charge in [-0.25, -0.2) is 28.1 Å². The number of alkyl halides is 2. The van der Waals surface area contributed by atoms with Gasteiger partial charge in [-0.1, -0.05) is 12.5 Å². The normalized spacial score (nSPS) is 16.9. The van der Waals surface area contributed by atoms with Crippen LogP contribution in [-0.4, -0.2) is 104 Å². The quantitative estimate of drug-likeness (QED) is 0.164. The average Bonchev–Trinajstić information content (AvgIpc) is 3.81. The summed E-state index contributed by atoms with van der Waals surface area (Å²) in [5, 5.41) is 29.1. The van der Waals surface area contributed by atoms with Crippen LogP contribution in [0.3, 0.4) is 0 Å². The lowest BCUT2D eigenvalue weighted by molar-refractivity contribution is -0.0836. The Bertz CT molecular complexity index is 1690. The van der Waals surface area contributed by atoms with Crippen molar-refractivity contribution >= 4 is 11.6 Å². The molecule has 1 saturated carbocycles. The van der Waals surface area contributed by atoms with E-state index in [2.05, 4.69) is 41.8 Å². The number of halogens is 2. The molecular weight excluding hydrogens is 652 g/mol. The molecule has 1 N–H and O–H groups in total. The minimum atomic E-state index is -2.51. The third-order valence-electron chi connectivity index (χ3n) is 8.77. The van der Waals surface area contributed by atoms with Crippen molar-refractivity contribution in [3.63, 3.8) is 0 Å². The second-order valence-corrected chi connectivity index (χ2v) is 12.3. The van der Waals surface area contributed by atoms with E-state index in [0.717, 1.165) is 49.9 Å². The number of hydrogen-bond donors (Lipinski definition) is 1. The molecule has 0 spiro atoms. The summed E-state index contributed by atoms with van der Waals surface area (Å²) in [7, 11) is 0. The number of tetrazole rings is 1. The highest BCUT2D eigenvalue weighted by atomic mass is 19.3. The third-order valence-corrected chi connectivity index (χ3v) is 8.77. The number of rotatable bonds is 16. The molecule has 50 heavy (non-hydrogen) atoms. The first kappa shape index (κ1) is 35.1. The summed E-state index contributed by atoms with van der Waals surface area (Å²) in [6.07, 6.45) is 9.68. The second kappa shape index (κ2) is 16.7. The summed E-state index contributed by atoms with van der Waals surface area (Å²) < 4.78 is 51.4. The van der Waals surface area contributed by atoms with Gasteiger partial charge in [0, 0.05) is 37.5 Å². The minimum absolute atomic E-state index is 0.149. The molecule has 1 saturated heterocycles. The Balaban J connectivity index is 1.20. The van der Waals surface area contributed by atoms with Crippen LogP contribution >= 0.6 is 0 Å². The minimum Gasteiger partial charge on any atom is -0.487 e. The molecule has 0 amide bonds. The van der Waals surface area contributed by atoms with Crippen molar-refractivity contribution in [1.82, 2.24) is 44.9 Å². The molecule has 0 bridgehead atoms. The Labute approximate surface area is 288 Å². The van der Waals surface area contributed by atoms with E-state index in [9.17, 15) is 14.0 Å². The number of hydrogen-bond acceptors (Lipinski definition) is 13. The number of nitrogens with one attached hydrogen (secondary N) is 1. The molecule has 1 aliphatic carbocycles. The maximum Gasteiger partial charge on any atom is 0.261 e. The number of aromatic nitrogens is 8. The molecule has 266 valence electrons. The fourth-order valence-electron chi connectivity index (χ4n) is 6.39. The van der Waals surface area contributed by atoms with Crippen LogP contribution in [0.15, 0.2) is 43.1 Å². The number of benzene rings is 1. The lowest BCUT2D eigenvalue weighted by Crippen LogP contribution is -2.56. The molecule has 4 heterocycles. The molecule has 4 aromatic rings. The standard InChI is InChI=1S/C33H41F2N11O4/c1-24(20-45-23-39-42-43-45)50-29-16-25(6-7-26(29)17-36)27-18-37-32(38-19-27)40-28-21-46(41-31(28)49-13-5-12-48-22-30(34)35)33(8-3-2-4-9-33)44-10-14-47-15-11-44/h6-7,16,18-19,21,23-24,30H,2-5,8-15,20,22H2,1H3,(H,37,38,40). The summed E-state index contributed by atoms with van der Waals surface area (Å²) in [6, 6.07) is 7.49. The zero-order valence-corrected chi connectivity index (χ0v) is 28.0. The van der Waals surface area contributed by atoms with Crippen LogP contribution in [0.25, 0.3) is 11.1 Å². The van der Waals surface area contributed by atoms with Crippen molar-refractivity contribution in [3.05, 3.63) is 48.7 Å². The molecule has 6 rings (SSSR count). The van der Waals surface area contributed by atoms with E-state index >= 15 is 0 Å². The van der Waals surface area contributed by atoms with E-state index in [1.807, 2.05) is 23.9 Å². The highest BCUT2D eigenvalue weighted by Crippen LogP contribution is 2.41. The zero-order chi connectivity index (χ0) is 34.8. The first-order chi connectivity index (χ1) is 24.4. The molecule has 15 nitrogen and oxygen atoms in total. The number of nitrogens with zero attached hydrogens (tertiary/aromatic N) is 10. The molecule has 0 radical (unpaired) electrons. The van der Waals surface area contributed by atoms with Crippen LogP contribution < -0.4 is 14.8 Å². The molecule has 17 heteroatoms. The van der Waals surface area contributed by atoms with Gasteiger partial charge in [0.1, 0.15) is 42.2 Å². The van der Waals surface area contributed by atoms with E-state index in [0.29, 0.717) is 55.0 Å². The Kier molecular flexibility index (Phi) is 11.7. The van der Waals surface area contributed by atoms with Crippen molar-refractivity contribution < 1.29 is 27.7 Å². The van der Waals surface area contributed by atoms with E-state index in [4.69, 9.17) is 24.0 Å². The van der Waals surface area contributed by atoms with Crippen molar-refractivity contribution in [3.8, 4) is 28.8 Å². The Morgan fingerprint density at radius 2 is 1.88 bits per heavy atom. The molecule has 2 fully saturated rings. The maximum atomic E-state index is 12.5. The summed E-state index contributed by atoms with van der Waals surface area (Å²) in [4.78, 5) is 11.6. The molecule has 1 unspecified atom stereocenters. The van der Waals surface area contributed by atoms with Crippen molar-refractivity contribution in [2.45, 2.75) is 70.2 Å². The van der Waals surface area contributed by atoms with Crippen LogP contribution in [0.4, 0.5) is 20.4 Å². The van der Waals surface area contributed by atoms with Gasteiger partial charge in [0.2, 0.25) is 5.95 Å². The van der Waals surface area contributed by atoms with E-state index < -0.39 is 13.0 Å². The van der Waals surface area contributed by atoms with Gasteiger partial charge in [0.05, 0.1) is 44.7 Å². The lowest BCUT2D eigenvalue weighted by atomic mass is 9.87. The third kappa shape index (κ3) is 8.67. The van der Waals surface area contributed by atoms with Gasteiger partial charge < -0.3 is 24.3 Å². The SMILES string of the molecule is CC(Cn1cnnn1)Oc1cc(-c2cnc(Nc3cn(C4(N5CCOCC5)CCCCC4)nc3OCCCOCC(F)F)nc2)ccc1C#N. The van der Waals surface area contributed by atoms with Crippen LogP contribution in [-0.2, 0) is 21.7 Å². The van der Waals surface area contributed by atoms with Gasteiger partial charge in [-0.3, -0.25) is 4.90 Å². The summed E-state index contributed by atoms with van der Waals surface area (Å²) in [5.74, 6) is 1.13. The fourth-order valence-corrected chi connectivity index (χ4v) is 6.39. The Morgan fingerprint density at radius 1 is 1.08 bits per heavy atom. The average molecular weight is 694 g/mol. The maximum absolute atomic E-state index is 12.5. The first-order valence-electron chi connectivity index (χ1n) is 16.9.